The van der Waals surface area contributed by atoms with Gasteiger partial charge in [-0.15, -0.1) is 0 Å². The molecule has 1 N–H and O–H groups in total. The Labute approximate surface area is 153 Å². The van der Waals surface area contributed by atoms with Gasteiger partial charge in [-0.1, -0.05) is 31.4 Å². The van der Waals surface area contributed by atoms with Gasteiger partial charge in [0.05, 0.1) is 5.56 Å². The van der Waals surface area contributed by atoms with Gasteiger partial charge in [0.15, 0.2) is 0 Å². The van der Waals surface area contributed by atoms with Crippen molar-refractivity contribution in [3.63, 3.8) is 0 Å². The van der Waals surface area contributed by atoms with Crippen molar-refractivity contribution in [2.45, 2.75) is 51.7 Å². The SMILES string of the molecule is C[C@@H](NC(=O)c1ccc(OCc2cccc(F)c2)nc1)C1CCCCC1. The molecule has 1 heterocycles. The van der Waals surface area contributed by atoms with E-state index in [4.69, 9.17) is 4.74 Å². The Morgan fingerprint density at radius 1 is 1.27 bits per heavy atom. The predicted molar refractivity (Wildman–Crippen MR) is 98.5 cm³/mol. The molecule has 1 amide bonds. The zero-order valence-electron chi connectivity index (χ0n) is 15.1. The molecule has 1 atom stereocenters. The zero-order valence-corrected chi connectivity index (χ0v) is 15.1. The molecule has 26 heavy (non-hydrogen) atoms. The van der Waals surface area contributed by atoms with Gasteiger partial charge in [0.1, 0.15) is 12.4 Å². The summed E-state index contributed by atoms with van der Waals surface area (Å²) in [4.78, 5) is 16.6. The van der Waals surface area contributed by atoms with E-state index in [-0.39, 0.29) is 24.4 Å². The first kappa shape index (κ1) is 18.4. The molecule has 0 radical (unpaired) electrons. The quantitative estimate of drug-likeness (QED) is 0.829. The second-order valence-electron chi connectivity index (χ2n) is 6.96. The molecule has 1 aliphatic rings. The van der Waals surface area contributed by atoms with E-state index in [9.17, 15) is 9.18 Å². The molecule has 0 bridgehead atoms. The van der Waals surface area contributed by atoms with E-state index in [1.54, 1.807) is 24.3 Å². The lowest BCUT2D eigenvalue weighted by Gasteiger charge is -2.28. The van der Waals surface area contributed by atoms with Gasteiger partial charge in [0.25, 0.3) is 5.91 Å². The van der Waals surface area contributed by atoms with Crippen molar-refractivity contribution < 1.29 is 13.9 Å². The number of carbonyl (C=O) groups is 1. The highest BCUT2D eigenvalue weighted by Crippen LogP contribution is 2.26. The van der Waals surface area contributed by atoms with E-state index in [1.807, 2.05) is 0 Å². The van der Waals surface area contributed by atoms with Crippen LogP contribution in [0, 0.1) is 11.7 Å². The van der Waals surface area contributed by atoms with Crippen LogP contribution in [0.5, 0.6) is 5.88 Å². The van der Waals surface area contributed by atoms with E-state index < -0.39 is 0 Å². The summed E-state index contributed by atoms with van der Waals surface area (Å²) in [6, 6.07) is 9.79. The highest BCUT2D eigenvalue weighted by molar-refractivity contribution is 5.94. The Morgan fingerprint density at radius 3 is 2.77 bits per heavy atom. The fourth-order valence-electron chi connectivity index (χ4n) is 3.43. The number of pyridine rings is 1. The Balaban J connectivity index is 1.52. The average Bonchev–Trinajstić information content (AvgIpc) is 2.67. The van der Waals surface area contributed by atoms with Crippen molar-refractivity contribution in [1.29, 1.82) is 0 Å². The lowest BCUT2D eigenvalue weighted by Crippen LogP contribution is -2.38. The smallest absolute Gasteiger partial charge is 0.253 e. The molecule has 138 valence electrons. The number of hydrogen-bond acceptors (Lipinski definition) is 3. The van der Waals surface area contributed by atoms with E-state index in [0.29, 0.717) is 17.4 Å². The zero-order chi connectivity index (χ0) is 18.4. The molecule has 2 aromatic rings. The van der Waals surface area contributed by atoms with E-state index >= 15 is 0 Å². The fourth-order valence-corrected chi connectivity index (χ4v) is 3.43. The molecule has 0 spiro atoms. The molecular formula is C21H25FN2O2. The third-order valence-electron chi connectivity index (χ3n) is 4.99. The molecule has 0 aliphatic heterocycles. The Hall–Kier alpha value is -2.43. The maximum absolute atomic E-state index is 13.2. The van der Waals surface area contributed by atoms with Crippen molar-refractivity contribution >= 4 is 5.91 Å². The molecular weight excluding hydrogens is 331 g/mol. The molecule has 1 aliphatic carbocycles. The summed E-state index contributed by atoms with van der Waals surface area (Å²) in [6.45, 7) is 2.31. The van der Waals surface area contributed by atoms with Crippen LogP contribution in [0.4, 0.5) is 4.39 Å². The largest absolute Gasteiger partial charge is 0.473 e. The number of nitrogens with zero attached hydrogens (tertiary/aromatic N) is 1. The summed E-state index contributed by atoms with van der Waals surface area (Å²) in [5.74, 6) is 0.575. The van der Waals surface area contributed by atoms with Crippen molar-refractivity contribution in [3.8, 4) is 5.88 Å². The molecule has 0 unspecified atom stereocenters. The topological polar surface area (TPSA) is 51.2 Å². The molecule has 1 saturated carbocycles. The summed E-state index contributed by atoms with van der Waals surface area (Å²) in [5.41, 5.74) is 1.25. The number of ether oxygens (including phenoxy) is 1. The van der Waals surface area contributed by atoms with Crippen LogP contribution >= 0.6 is 0 Å². The van der Waals surface area contributed by atoms with Gasteiger partial charge in [-0.25, -0.2) is 9.37 Å². The highest BCUT2D eigenvalue weighted by atomic mass is 19.1. The van der Waals surface area contributed by atoms with Crippen LogP contribution in [0.2, 0.25) is 0 Å². The minimum atomic E-state index is -0.293. The maximum Gasteiger partial charge on any atom is 0.253 e. The van der Waals surface area contributed by atoms with Gasteiger partial charge in [-0.2, -0.15) is 0 Å². The molecule has 5 heteroatoms. The number of halogens is 1. The summed E-state index contributed by atoms with van der Waals surface area (Å²) in [7, 11) is 0. The first-order valence-electron chi connectivity index (χ1n) is 9.26. The van der Waals surface area contributed by atoms with Crippen LogP contribution in [0.15, 0.2) is 42.6 Å². The summed E-state index contributed by atoms with van der Waals surface area (Å²) in [5, 5.41) is 3.09. The van der Waals surface area contributed by atoms with Crippen molar-refractivity contribution in [3.05, 3.63) is 59.5 Å². The van der Waals surface area contributed by atoms with Crippen molar-refractivity contribution in [2.75, 3.05) is 0 Å². The summed E-state index contributed by atoms with van der Waals surface area (Å²) in [6.07, 6.45) is 7.70. The second kappa shape index (κ2) is 8.79. The van der Waals surface area contributed by atoms with Crippen molar-refractivity contribution in [2.24, 2.45) is 5.92 Å². The van der Waals surface area contributed by atoms with Gasteiger partial charge in [-0.05, 0) is 49.4 Å². The normalized spacial score (nSPS) is 16.1. The van der Waals surface area contributed by atoms with Crippen LogP contribution < -0.4 is 10.1 Å². The first-order valence-corrected chi connectivity index (χ1v) is 9.26. The molecule has 1 aromatic carbocycles. The lowest BCUT2D eigenvalue weighted by atomic mass is 9.84. The fraction of sp³-hybridized carbons (Fsp3) is 0.429. The van der Waals surface area contributed by atoms with E-state index in [2.05, 4.69) is 17.2 Å². The first-order chi connectivity index (χ1) is 12.6. The number of rotatable bonds is 6. The number of hydrogen-bond donors (Lipinski definition) is 1. The van der Waals surface area contributed by atoms with E-state index in [0.717, 1.165) is 5.56 Å². The minimum Gasteiger partial charge on any atom is -0.473 e. The number of benzene rings is 1. The van der Waals surface area contributed by atoms with Gasteiger partial charge >= 0.3 is 0 Å². The van der Waals surface area contributed by atoms with Gasteiger partial charge < -0.3 is 10.1 Å². The number of carbonyl (C=O) groups excluding carboxylic acids is 1. The van der Waals surface area contributed by atoms with Crippen LogP contribution in [0.3, 0.4) is 0 Å². The molecule has 0 saturated heterocycles. The van der Waals surface area contributed by atoms with Gasteiger partial charge in [0.2, 0.25) is 5.88 Å². The van der Waals surface area contributed by atoms with E-state index in [1.165, 1.54) is 50.4 Å². The van der Waals surface area contributed by atoms with Crippen LogP contribution in [0.1, 0.15) is 54.9 Å². The second-order valence-corrected chi connectivity index (χ2v) is 6.96. The number of amides is 1. The monoisotopic (exact) mass is 356 g/mol. The Kier molecular flexibility index (Phi) is 6.21. The molecule has 1 aromatic heterocycles. The van der Waals surface area contributed by atoms with Gasteiger partial charge in [-0.3, -0.25) is 4.79 Å². The minimum absolute atomic E-state index is 0.104. The van der Waals surface area contributed by atoms with Crippen LogP contribution in [-0.2, 0) is 6.61 Å². The number of aromatic nitrogens is 1. The summed E-state index contributed by atoms with van der Waals surface area (Å²) < 4.78 is 18.7. The lowest BCUT2D eigenvalue weighted by molar-refractivity contribution is 0.0919. The van der Waals surface area contributed by atoms with Crippen molar-refractivity contribution in [1.82, 2.24) is 10.3 Å². The molecule has 1 fully saturated rings. The van der Waals surface area contributed by atoms with Crippen LogP contribution in [-0.4, -0.2) is 16.9 Å². The number of nitrogens with one attached hydrogen (secondary N) is 1. The Morgan fingerprint density at radius 2 is 2.08 bits per heavy atom. The maximum atomic E-state index is 13.2. The highest BCUT2D eigenvalue weighted by Gasteiger charge is 2.21. The predicted octanol–water partition coefficient (Wildman–Crippen LogP) is 4.50. The standard InChI is InChI=1S/C21H25FN2O2/c1-15(17-7-3-2-4-8-17)24-21(25)18-10-11-20(23-13-18)26-14-16-6-5-9-19(22)12-16/h5-6,9-13,15,17H,2-4,7-8,14H2,1H3,(H,24,25)/t15-/m1/s1. The van der Waals surface area contributed by atoms with Gasteiger partial charge in [0, 0.05) is 18.3 Å². The third-order valence-corrected chi connectivity index (χ3v) is 4.99. The summed E-state index contributed by atoms with van der Waals surface area (Å²) >= 11 is 0. The van der Waals surface area contributed by atoms with Crippen LogP contribution in [0.25, 0.3) is 0 Å². The third kappa shape index (κ3) is 5.04. The molecule has 3 rings (SSSR count). The Bertz CT molecular complexity index is 727. The average molecular weight is 356 g/mol. The molecule has 4 nitrogen and oxygen atoms in total.